The topological polar surface area (TPSA) is 108 Å². The molecule has 0 atom stereocenters. The van der Waals surface area contributed by atoms with Crippen LogP contribution in [0.2, 0.25) is 0 Å². The van der Waals surface area contributed by atoms with Crippen LogP contribution in [0.1, 0.15) is 15.9 Å². The lowest BCUT2D eigenvalue weighted by Gasteiger charge is -2.11. The van der Waals surface area contributed by atoms with Gasteiger partial charge in [0.05, 0.1) is 5.56 Å². The fourth-order valence-electron chi connectivity index (χ4n) is 3.15. The van der Waals surface area contributed by atoms with Crippen molar-refractivity contribution in [3.8, 4) is 0 Å². The Kier molecular flexibility index (Phi) is 6.49. The molecule has 0 radical (unpaired) electrons. The number of nitrogens with zero attached hydrogens (tertiary/aromatic N) is 3. The van der Waals surface area contributed by atoms with Gasteiger partial charge in [0.15, 0.2) is 5.82 Å². The lowest BCUT2D eigenvalue weighted by atomic mass is 10.1. The first-order valence-corrected chi connectivity index (χ1v) is 10.1. The summed E-state index contributed by atoms with van der Waals surface area (Å²) >= 11 is 0. The molecule has 0 bridgehead atoms. The second kappa shape index (κ2) is 9.82. The highest BCUT2D eigenvalue weighted by Gasteiger charge is 2.16. The van der Waals surface area contributed by atoms with E-state index in [0.717, 1.165) is 0 Å². The third-order valence-electron chi connectivity index (χ3n) is 4.81. The maximum Gasteiger partial charge on any atom is 0.258 e. The van der Waals surface area contributed by atoms with Gasteiger partial charge in [-0.05, 0) is 66.2 Å². The number of rotatable bonds is 7. The van der Waals surface area contributed by atoms with Gasteiger partial charge in [-0.1, -0.05) is 12.1 Å². The van der Waals surface area contributed by atoms with E-state index < -0.39 is 17.4 Å². The van der Waals surface area contributed by atoms with Gasteiger partial charge in [-0.15, -0.1) is 4.91 Å². The van der Waals surface area contributed by atoms with Crippen molar-refractivity contribution in [1.29, 1.82) is 0 Å². The van der Waals surface area contributed by atoms with E-state index in [1.807, 2.05) is 0 Å². The minimum atomic E-state index is -0.985. The normalized spacial score (nSPS) is 10.4. The van der Waals surface area contributed by atoms with Gasteiger partial charge < -0.3 is 16.0 Å². The Balaban J connectivity index is 1.47. The first kappa shape index (κ1) is 22.5. The zero-order valence-electron chi connectivity index (χ0n) is 17.8. The van der Waals surface area contributed by atoms with E-state index in [2.05, 4.69) is 31.1 Å². The number of amides is 1. The highest BCUT2D eigenvalue weighted by molar-refractivity contribution is 6.05. The van der Waals surface area contributed by atoms with Crippen molar-refractivity contribution in [3.63, 3.8) is 0 Å². The average Bonchev–Trinajstić information content (AvgIpc) is 2.82. The highest BCUT2D eigenvalue weighted by Crippen LogP contribution is 2.24. The van der Waals surface area contributed by atoms with Crippen LogP contribution in [-0.4, -0.2) is 15.9 Å². The molecule has 4 rings (SSSR count). The Labute approximate surface area is 193 Å². The molecule has 1 amide bonds. The van der Waals surface area contributed by atoms with Gasteiger partial charge in [0.2, 0.25) is 0 Å². The molecule has 0 aliphatic heterocycles. The second-order valence-electron chi connectivity index (χ2n) is 7.27. The molecule has 4 aromatic rings. The van der Waals surface area contributed by atoms with E-state index in [4.69, 9.17) is 0 Å². The van der Waals surface area contributed by atoms with E-state index in [1.165, 1.54) is 30.6 Å². The monoisotopic (exact) mass is 460 g/mol. The van der Waals surface area contributed by atoms with E-state index in [1.54, 1.807) is 49.4 Å². The van der Waals surface area contributed by atoms with E-state index in [9.17, 15) is 18.5 Å². The van der Waals surface area contributed by atoms with Crippen LogP contribution in [0.25, 0.3) is 0 Å². The summed E-state index contributed by atoms with van der Waals surface area (Å²) in [4.78, 5) is 31.5. The van der Waals surface area contributed by atoms with Crippen LogP contribution in [0, 0.1) is 23.5 Å². The summed E-state index contributed by atoms with van der Waals surface area (Å²) in [5.74, 6) is -1.04. The number of benzene rings is 3. The van der Waals surface area contributed by atoms with Crippen molar-refractivity contribution in [2.75, 3.05) is 16.0 Å². The summed E-state index contributed by atoms with van der Waals surface area (Å²) in [7, 11) is 0. The first-order valence-electron chi connectivity index (χ1n) is 10.1. The van der Waals surface area contributed by atoms with Gasteiger partial charge in [0, 0.05) is 23.1 Å². The van der Waals surface area contributed by atoms with Crippen molar-refractivity contribution >= 4 is 40.3 Å². The van der Waals surface area contributed by atoms with Crippen molar-refractivity contribution in [2.24, 2.45) is 5.18 Å². The van der Waals surface area contributed by atoms with Gasteiger partial charge in [0.25, 0.3) is 5.91 Å². The molecule has 0 saturated carbocycles. The fraction of sp³-hybridized carbons (Fsp3) is 0.0417. The lowest BCUT2D eigenvalue weighted by molar-refractivity contribution is 0.102. The number of halogens is 2. The molecular formula is C24H18F2N6O2. The van der Waals surface area contributed by atoms with Crippen molar-refractivity contribution in [2.45, 2.75) is 6.92 Å². The molecule has 0 unspecified atom stereocenters. The van der Waals surface area contributed by atoms with Crippen LogP contribution >= 0.6 is 0 Å². The van der Waals surface area contributed by atoms with E-state index >= 15 is 0 Å². The zero-order chi connectivity index (χ0) is 24.1. The smallest absolute Gasteiger partial charge is 0.258 e. The number of nitrogens with one attached hydrogen (secondary N) is 3. The molecule has 0 spiro atoms. The maximum atomic E-state index is 14.2. The number of hydrogen-bond acceptors (Lipinski definition) is 7. The number of anilines is 5. The summed E-state index contributed by atoms with van der Waals surface area (Å²) in [6.45, 7) is 1.67. The van der Waals surface area contributed by atoms with Gasteiger partial charge in [0.1, 0.15) is 29.5 Å². The molecule has 0 aliphatic rings. The Bertz CT molecular complexity index is 1380. The zero-order valence-corrected chi connectivity index (χ0v) is 17.8. The predicted octanol–water partition coefficient (Wildman–Crippen LogP) is 6.20. The van der Waals surface area contributed by atoms with Crippen LogP contribution in [0.5, 0.6) is 0 Å². The van der Waals surface area contributed by atoms with Crippen LogP contribution in [0.4, 0.5) is 43.2 Å². The Morgan fingerprint density at radius 1 is 0.853 bits per heavy atom. The van der Waals surface area contributed by atoms with Gasteiger partial charge in [-0.2, -0.15) is 0 Å². The Morgan fingerprint density at radius 3 is 2.24 bits per heavy atom. The van der Waals surface area contributed by atoms with Crippen molar-refractivity contribution < 1.29 is 13.6 Å². The average molecular weight is 460 g/mol. The van der Waals surface area contributed by atoms with Gasteiger partial charge in [-0.3, -0.25) is 4.79 Å². The molecule has 1 aromatic heterocycles. The quantitative estimate of drug-likeness (QED) is 0.283. The molecular weight excluding hydrogens is 442 g/mol. The summed E-state index contributed by atoms with van der Waals surface area (Å²) in [6.07, 6.45) is 1.36. The molecule has 0 aliphatic carbocycles. The van der Waals surface area contributed by atoms with Crippen molar-refractivity contribution in [3.05, 3.63) is 101 Å². The standard InChI is InChI=1S/C24H18F2N6O2/c1-14-10-17(8-9-19(14)25)30-22-12-21(27-13-28-22)29-15-4-2-5-16(11-15)31-24(33)18-6-3-7-20(32-34)23(18)26/h2-13H,1H3,(H,31,33)(H2,27,28,29,30). The lowest BCUT2D eigenvalue weighted by Crippen LogP contribution is -2.13. The van der Waals surface area contributed by atoms with E-state index in [0.29, 0.717) is 34.3 Å². The van der Waals surface area contributed by atoms with E-state index in [-0.39, 0.29) is 11.4 Å². The maximum absolute atomic E-state index is 14.2. The number of hydrogen-bond donors (Lipinski definition) is 3. The highest BCUT2D eigenvalue weighted by atomic mass is 19.1. The number of carbonyl (C=O) groups is 1. The molecule has 3 aromatic carbocycles. The third-order valence-corrected chi connectivity index (χ3v) is 4.81. The number of aromatic nitrogens is 2. The van der Waals surface area contributed by atoms with Crippen molar-refractivity contribution in [1.82, 2.24) is 9.97 Å². The molecule has 34 heavy (non-hydrogen) atoms. The summed E-state index contributed by atoms with van der Waals surface area (Å²) < 4.78 is 27.7. The summed E-state index contributed by atoms with van der Waals surface area (Å²) in [5.41, 5.74) is 1.45. The molecule has 3 N–H and O–H groups in total. The number of carbonyl (C=O) groups excluding carboxylic acids is 1. The largest absolute Gasteiger partial charge is 0.340 e. The first-order chi connectivity index (χ1) is 16.4. The second-order valence-corrected chi connectivity index (χ2v) is 7.27. The summed E-state index contributed by atoms with van der Waals surface area (Å²) in [5, 5.41) is 11.4. The molecule has 0 fully saturated rings. The molecule has 0 saturated heterocycles. The number of nitroso groups, excluding NO2 is 1. The summed E-state index contributed by atoms with van der Waals surface area (Å²) in [6, 6.07) is 16.8. The van der Waals surface area contributed by atoms with Gasteiger partial charge in [-0.25, -0.2) is 18.7 Å². The van der Waals surface area contributed by atoms with Gasteiger partial charge >= 0.3 is 0 Å². The third kappa shape index (κ3) is 5.18. The van der Waals surface area contributed by atoms with Crippen LogP contribution in [-0.2, 0) is 0 Å². The fourth-order valence-corrected chi connectivity index (χ4v) is 3.15. The molecule has 8 nitrogen and oxygen atoms in total. The predicted molar refractivity (Wildman–Crippen MR) is 126 cm³/mol. The van der Waals surface area contributed by atoms with Crippen LogP contribution in [0.3, 0.4) is 0 Å². The molecule has 10 heteroatoms. The molecule has 170 valence electrons. The van der Waals surface area contributed by atoms with Crippen LogP contribution in [0.15, 0.2) is 78.2 Å². The minimum absolute atomic E-state index is 0.293. The Morgan fingerprint density at radius 2 is 1.53 bits per heavy atom. The molecule has 1 heterocycles. The SMILES string of the molecule is Cc1cc(Nc2cc(Nc3cccc(NC(=O)c4cccc(N=O)c4F)c3)ncn2)ccc1F. The Hall–Kier alpha value is -4.73. The number of aryl methyl sites for hydroxylation is 1. The van der Waals surface area contributed by atoms with Crippen LogP contribution < -0.4 is 16.0 Å². The minimum Gasteiger partial charge on any atom is -0.340 e.